The van der Waals surface area contributed by atoms with E-state index in [1.54, 1.807) is 0 Å². The topological polar surface area (TPSA) is 37.3 Å². The molecule has 2 nitrogen and oxygen atoms in total. The third-order valence-electron chi connectivity index (χ3n) is 2.47. The van der Waals surface area contributed by atoms with Gasteiger partial charge in [0.05, 0.1) is 0 Å². The highest BCUT2D eigenvalue weighted by atomic mass is 16.3. The van der Waals surface area contributed by atoms with E-state index in [4.69, 9.17) is 5.11 Å². The number of ketones is 1. The number of rotatable bonds is 2. The maximum absolute atomic E-state index is 11.2. The molecule has 0 bridgehead atoms. The molecule has 1 unspecified atom stereocenters. The molecule has 0 spiro atoms. The molecule has 58 valence electrons. The normalized spacial score (nSPS) is 33.2. The van der Waals surface area contributed by atoms with Crippen LogP contribution in [-0.4, -0.2) is 17.5 Å². The fraction of sp³-hybridized carbons (Fsp3) is 0.875. The molecule has 2 heteroatoms. The van der Waals surface area contributed by atoms with Crippen LogP contribution in [0.25, 0.3) is 0 Å². The first-order chi connectivity index (χ1) is 4.69. The van der Waals surface area contributed by atoms with Crippen LogP contribution in [0.4, 0.5) is 0 Å². The number of hydrogen-bond donors (Lipinski definition) is 1. The molecular weight excluding hydrogens is 128 g/mol. The van der Waals surface area contributed by atoms with Crippen molar-refractivity contribution in [3.8, 4) is 0 Å². The number of carbonyl (C=O) groups is 1. The lowest BCUT2D eigenvalue weighted by molar-refractivity contribution is -0.125. The van der Waals surface area contributed by atoms with E-state index < -0.39 is 0 Å². The third-order valence-corrected chi connectivity index (χ3v) is 2.47. The Hall–Kier alpha value is -0.370. The Morgan fingerprint density at radius 2 is 2.40 bits per heavy atom. The predicted molar refractivity (Wildman–Crippen MR) is 38.7 cm³/mol. The SMILES string of the molecule is CC1(CCO)CCCC1=O. The van der Waals surface area contributed by atoms with Gasteiger partial charge in [0.25, 0.3) is 0 Å². The second-order valence-electron chi connectivity index (χ2n) is 3.31. The van der Waals surface area contributed by atoms with E-state index in [1.165, 1.54) is 0 Å². The molecule has 0 saturated heterocycles. The van der Waals surface area contributed by atoms with Gasteiger partial charge in [-0.1, -0.05) is 6.92 Å². The average molecular weight is 142 g/mol. The highest BCUT2D eigenvalue weighted by Crippen LogP contribution is 2.36. The zero-order chi connectivity index (χ0) is 7.61. The van der Waals surface area contributed by atoms with E-state index in [9.17, 15) is 4.79 Å². The minimum Gasteiger partial charge on any atom is -0.396 e. The molecule has 1 rings (SSSR count). The van der Waals surface area contributed by atoms with Gasteiger partial charge in [-0.2, -0.15) is 0 Å². The molecule has 0 aromatic carbocycles. The summed E-state index contributed by atoms with van der Waals surface area (Å²) in [4.78, 5) is 11.2. The molecule has 10 heavy (non-hydrogen) atoms. The molecule has 0 amide bonds. The molecule has 1 aliphatic rings. The second kappa shape index (κ2) is 2.70. The lowest BCUT2D eigenvalue weighted by Crippen LogP contribution is -2.22. The number of aliphatic hydroxyl groups is 1. The summed E-state index contributed by atoms with van der Waals surface area (Å²) in [5.41, 5.74) is -0.186. The Bertz CT molecular complexity index is 142. The van der Waals surface area contributed by atoms with Gasteiger partial charge in [0, 0.05) is 18.4 Å². The Balaban J connectivity index is 2.57. The molecule has 1 saturated carbocycles. The second-order valence-corrected chi connectivity index (χ2v) is 3.31. The molecule has 0 heterocycles. The Kier molecular flexibility index (Phi) is 2.09. The first kappa shape index (κ1) is 7.73. The van der Waals surface area contributed by atoms with E-state index in [1.807, 2.05) is 6.92 Å². The van der Waals surface area contributed by atoms with E-state index in [0.29, 0.717) is 12.2 Å². The van der Waals surface area contributed by atoms with Crippen LogP contribution < -0.4 is 0 Å². The Labute approximate surface area is 61.2 Å². The maximum atomic E-state index is 11.2. The summed E-state index contributed by atoms with van der Waals surface area (Å²) in [6.45, 7) is 2.10. The number of carbonyl (C=O) groups excluding carboxylic acids is 1. The van der Waals surface area contributed by atoms with Crippen LogP contribution in [0.3, 0.4) is 0 Å². The molecule has 1 aliphatic carbocycles. The van der Waals surface area contributed by atoms with Crippen LogP contribution in [0.1, 0.15) is 32.6 Å². The van der Waals surface area contributed by atoms with Crippen molar-refractivity contribution in [3.63, 3.8) is 0 Å². The van der Waals surface area contributed by atoms with Crippen molar-refractivity contribution in [1.82, 2.24) is 0 Å². The van der Waals surface area contributed by atoms with E-state index >= 15 is 0 Å². The summed E-state index contributed by atoms with van der Waals surface area (Å²) in [5, 5.41) is 8.66. The number of aliphatic hydroxyl groups excluding tert-OH is 1. The Morgan fingerprint density at radius 3 is 2.80 bits per heavy atom. The van der Waals surface area contributed by atoms with E-state index in [2.05, 4.69) is 0 Å². The van der Waals surface area contributed by atoms with Crippen LogP contribution >= 0.6 is 0 Å². The molecule has 1 N–H and O–H groups in total. The van der Waals surface area contributed by atoms with Crippen LogP contribution in [0, 0.1) is 5.41 Å². The summed E-state index contributed by atoms with van der Waals surface area (Å²) >= 11 is 0. The van der Waals surface area contributed by atoms with Crippen LogP contribution in [0.15, 0.2) is 0 Å². The maximum Gasteiger partial charge on any atom is 0.138 e. The minimum atomic E-state index is -0.186. The zero-order valence-electron chi connectivity index (χ0n) is 6.39. The van der Waals surface area contributed by atoms with Crippen LogP contribution in [0.5, 0.6) is 0 Å². The van der Waals surface area contributed by atoms with Crippen molar-refractivity contribution in [2.24, 2.45) is 5.41 Å². The predicted octanol–water partition coefficient (Wildman–Crippen LogP) is 1.13. The van der Waals surface area contributed by atoms with Gasteiger partial charge >= 0.3 is 0 Å². The van der Waals surface area contributed by atoms with Crippen molar-refractivity contribution in [2.75, 3.05) is 6.61 Å². The first-order valence-corrected chi connectivity index (χ1v) is 3.83. The van der Waals surface area contributed by atoms with Crippen LogP contribution in [0.2, 0.25) is 0 Å². The van der Waals surface area contributed by atoms with Gasteiger partial charge in [0.2, 0.25) is 0 Å². The summed E-state index contributed by atoms with van der Waals surface area (Å²) in [7, 11) is 0. The van der Waals surface area contributed by atoms with Crippen molar-refractivity contribution in [3.05, 3.63) is 0 Å². The van der Waals surface area contributed by atoms with Gasteiger partial charge in [0.1, 0.15) is 5.78 Å². The van der Waals surface area contributed by atoms with E-state index in [-0.39, 0.29) is 12.0 Å². The molecule has 1 atom stereocenters. The molecule has 0 aliphatic heterocycles. The zero-order valence-corrected chi connectivity index (χ0v) is 6.39. The van der Waals surface area contributed by atoms with Crippen molar-refractivity contribution >= 4 is 5.78 Å². The largest absolute Gasteiger partial charge is 0.396 e. The molecule has 0 aromatic rings. The van der Waals surface area contributed by atoms with Gasteiger partial charge in [0.15, 0.2) is 0 Å². The fourth-order valence-corrected chi connectivity index (χ4v) is 1.59. The van der Waals surface area contributed by atoms with Crippen molar-refractivity contribution < 1.29 is 9.90 Å². The smallest absolute Gasteiger partial charge is 0.138 e. The van der Waals surface area contributed by atoms with Gasteiger partial charge in [-0.25, -0.2) is 0 Å². The van der Waals surface area contributed by atoms with Gasteiger partial charge < -0.3 is 5.11 Å². The standard InChI is InChI=1S/C8H14O2/c1-8(5-6-9)4-2-3-7(8)10/h9H,2-6H2,1H3. The third kappa shape index (κ3) is 1.21. The number of hydrogen-bond acceptors (Lipinski definition) is 2. The van der Waals surface area contributed by atoms with Crippen molar-refractivity contribution in [1.29, 1.82) is 0 Å². The summed E-state index contributed by atoms with van der Waals surface area (Å²) in [6.07, 6.45) is 3.34. The van der Waals surface area contributed by atoms with Gasteiger partial charge in [-0.05, 0) is 19.3 Å². The first-order valence-electron chi connectivity index (χ1n) is 3.83. The average Bonchev–Trinajstić information content (AvgIpc) is 2.15. The highest BCUT2D eigenvalue weighted by molar-refractivity contribution is 5.86. The molecule has 0 aromatic heterocycles. The van der Waals surface area contributed by atoms with Gasteiger partial charge in [-0.3, -0.25) is 4.79 Å². The number of Topliss-reactive ketones (excluding diaryl/α,β-unsaturated/α-hetero) is 1. The van der Waals surface area contributed by atoms with Crippen molar-refractivity contribution in [2.45, 2.75) is 32.6 Å². The summed E-state index contributed by atoms with van der Waals surface area (Å²) in [6, 6.07) is 0. The molecule has 0 radical (unpaired) electrons. The minimum absolute atomic E-state index is 0.141. The summed E-state index contributed by atoms with van der Waals surface area (Å²) in [5.74, 6) is 0.335. The molecular formula is C8H14O2. The lowest BCUT2D eigenvalue weighted by Gasteiger charge is -2.19. The van der Waals surface area contributed by atoms with Crippen LogP contribution in [-0.2, 0) is 4.79 Å². The molecule has 1 fully saturated rings. The highest BCUT2D eigenvalue weighted by Gasteiger charge is 2.36. The summed E-state index contributed by atoms with van der Waals surface area (Å²) < 4.78 is 0. The lowest BCUT2D eigenvalue weighted by atomic mass is 9.85. The van der Waals surface area contributed by atoms with E-state index in [0.717, 1.165) is 19.3 Å². The monoisotopic (exact) mass is 142 g/mol. The van der Waals surface area contributed by atoms with Gasteiger partial charge in [-0.15, -0.1) is 0 Å². The fourth-order valence-electron chi connectivity index (χ4n) is 1.59. The Morgan fingerprint density at radius 1 is 1.70 bits per heavy atom. The quantitative estimate of drug-likeness (QED) is 0.627.